The number of piperidine rings is 2. The second kappa shape index (κ2) is 19.1. The lowest BCUT2D eigenvalue weighted by Crippen LogP contribution is -2.61. The van der Waals surface area contributed by atoms with Crippen molar-refractivity contribution in [3.8, 4) is 33.3 Å². The van der Waals surface area contributed by atoms with Crippen LogP contribution in [-0.4, -0.2) is 133 Å². The minimum absolute atomic E-state index is 0.0607. The van der Waals surface area contributed by atoms with Crippen molar-refractivity contribution in [1.82, 2.24) is 40.4 Å². The average molecular weight is 905 g/mol. The summed E-state index contributed by atoms with van der Waals surface area (Å²) in [7, 11) is 0. The van der Waals surface area contributed by atoms with Gasteiger partial charge in [0, 0.05) is 50.3 Å². The number of aliphatic hydroxyl groups excluding tert-OH is 1. The Morgan fingerprint density at radius 3 is 2.62 bits per heavy atom. The fourth-order valence-electron chi connectivity index (χ4n) is 10.1. The molecule has 4 aliphatic rings. The third kappa shape index (κ3) is 9.69. The van der Waals surface area contributed by atoms with Crippen LogP contribution in [0.25, 0.3) is 21.7 Å². The fraction of sp³-hybridized carbons (Fsp3) is 0.500. The molecule has 3 saturated heterocycles. The molecule has 0 aliphatic carbocycles. The number of benzene rings is 2. The number of aromatic nitrogens is 4. The Morgan fingerprint density at radius 1 is 1.06 bits per heavy atom. The summed E-state index contributed by atoms with van der Waals surface area (Å²) in [6.07, 6.45) is 3.63. The molecule has 7 heterocycles. The standard InChI is InChI=1S/C48H60N10O6S/c1-29(2)43(47(62)58-25-35(59)22-39(58)46(61)51-30(3)32-10-12-33(13-11-32)44-31(4)50-28-65-44)41-24-42(55-64-41)63-21-20-56-18-14-34(15-19-56)57-17-7-16-48(27-57)26-49-45-38(52-48)23-37(53-54-45)36-8-5-6-9-40(36)60/h5-6,8-13,23-24,28-30,34-35,39,43,52,59-60H,7,14-22,25-27H2,1-4H3,(H,49,54)(H,51,61)/t30-,35+,39-,43+,48?/m0/s1. The van der Waals surface area contributed by atoms with Gasteiger partial charge in [-0.3, -0.25) is 19.4 Å². The van der Waals surface area contributed by atoms with E-state index in [9.17, 15) is 19.8 Å². The normalized spacial score (nSPS) is 22.6. The lowest BCUT2D eigenvalue weighted by Gasteiger charge is -2.49. The van der Waals surface area contributed by atoms with Gasteiger partial charge in [0.25, 0.3) is 5.88 Å². The maximum atomic E-state index is 14.2. The number of aryl methyl sites for hydroxylation is 1. The summed E-state index contributed by atoms with van der Waals surface area (Å²) in [6, 6.07) is 18.3. The molecule has 5 N–H and O–H groups in total. The lowest BCUT2D eigenvalue weighted by molar-refractivity contribution is -0.141. The Kier molecular flexibility index (Phi) is 13.1. The maximum Gasteiger partial charge on any atom is 0.254 e. The number of nitrogens with zero attached hydrogens (tertiary/aromatic N) is 7. The van der Waals surface area contributed by atoms with Gasteiger partial charge in [-0.15, -0.1) is 21.5 Å². The van der Waals surface area contributed by atoms with E-state index in [2.05, 4.69) is 46.1 Å². The number of hydrogen-bond donors (Lipinski definition) is 5. The van der Waals surface area contributed by atoms with Crippen molar-refractivity contribution < 1.29 is 29.1 Å². The van der Waals surface area contributed by atoms with Crippen LogP contribution in [0.4, 0.5) is 11.5 Å². The van der Waals surface area contributed by atoms with Gasteiger partial charge in [-0.2, -0.15) is 0 Å². The molecule has 344 valence electrons. The van der Waals surface area contributed by atoms with Crippen LogP contribution in [0, 0.1) is 12.8 Å². The molecule has 2 aromatic carbocycles. The van der Waals surface area contributed by atoms with Crippen molar-refractivity contribution in [3.63, 3.8) is 0 Å². The number of para-hydroxylation sites is 1. The van der Waals surface area contributed by atoms with Gasteiger partial charge in [0.1, 0.15) is 24.3 Å². The largest absolute Gasteiger partial charge is 0.507 e. The van der Waals surface area contributed by atoms with Crippen LogP contribution >= 0.6 is 11.3 Å². The first-order valence-corrected chi connectivity index (χ1v) is 23.8. The minimum Gasteiger partial charge on any atom is -0.507 e. The molecule has 9 rings (SSSR count). The Balaban J connectivity index is 0.748. The minimum atomic E-state index is -0.821. The SMILES string of the molecule is Cc1ncsc1-c1ccc([C@H](C)NC(=O)[C@@H]2C[C@@H](O)CN2C(=O)[C@@H](c2cc(OCCN3CCC(N4CCCC5(CNc6nnc(-c7ccccc7O)cc6N5)C4)CC3)no2)C(C)C)cc1. The lowest BCUT2D eigenvalue weighted by atomic mass is 9.85. The van der Waals surface area contributed by atoms with Gasteiger partial charge in [0.2, 0.25) is 11.8 Å². The number of amides is 2. The van der Waals surface area contributed by atoms with Crippen LogP contribution in [0.15, 0.2) is 70.7 Å². The molecule has 0 bridgehead atoms. The summed E-state index contributed by atoms with van der Waals surface area (Å²) in [5, 5.41) is 44.6. The monoisotopic (exact) mass is 904 g/mol. The van der Waals surface area contributed by atoms with E-state index in [4.69, 9.17) is 9.26 Å². The highest BCUT2D eigenvalue weighted by Gasteiger charge is 2.44. The summed E-state index contributed by atoms with van der Waals surface area (Å²) in [4.78, 5) is 40.0. The average Bonchev–Trinajstić information content (AvgIpc) is 4.06. The molecule has 17 heteroatoms. The van der Waals surface area contributed by atoms with Gasteiger partial charge >= 0.3 is 0 Å². The summed E-state index contributed by atoms with van der Waals surface area (Å²) >= 11 is 1.59. The van der Waals surface area contributed by atoms with Crippen molar-refractivity contribution >= 4 is 34.7 Å². The maximum absolute atomic E-state index is 14.2. The molecule has 16 nitrogen and oxygen atoms in total. The third-order valence-electron chi connectivity index (χ3n) is 13.7. The van der Waals surface area contributed by atoms with E-state index < -0.39 is 18.1 Å². The van der Waals surface area contributed by atoms with Crippen molar-refractivity contribution in [1.29, 1.82) is 0 Å². The number of nitrogens with one attached hydrogen (secondary N) is 3. The Hall–Kier alpha value is -5.62. The number of hydrogen-bond acceptors (Lipinski definition) is 15. The molecule has 5 aromatic rings. The van der Waals surface area contributed by atoms with E-state index in [1.807, 2.05) is 75.7 Å². The predicted octanol–water partition coefficient (Wildman–Crippen LogP) is 6.06. The molecule has 4 aliphatic heterocycles. The number of fused-ring (bicyclic) bond motifs is 1. The molecule has 3 fully saturated rings. The number of rotatable bonds is 13. The molecule has 1 spiro atoms. The number of carbonyl (C=O) groups is 2. The number of phenols is 1. The van der Waals surface area contributed by atoms with Crippen molar-refractivity contribution in [3.05, 3.63) is 83.2 Å². The number of thiazole rings is 1. The summed E-state index contributed by atoms with van der Waals surface area (Å²) in [6.45, 7) is 13.7. The smallest absolute Gasteiger partial charge is 0.254 e. The van der Waals surface area contributed by atoms with E-state index in [0.717, 1.165) is 98.2 Å². The van der Waals surface area contributed by atoms with Crippen molar-refractivity contribution in [2.45, 2.75) is 95.5 Å². The molecule has 0 radical (unpaired) electrons. The third-order valence-corrected chi connectivity index (χ3v) is 14.7. The zero-order chi connectivity index (χ0) is 45.2. The second-order valence-corrected chi connectivity index (χ2v) is 19.4. The number of β-amino-alcohol motifs (C(OH)–C–C–N with tert-alkyl or cyclic N) is 1. The van der Waals surface area contributed by atoms with E-state index >= 15 is 0 Å². The fourth-order valence-corrected chi connectivity index (χ4v) is 10.9. The predicted molar refractivity (Wildman–Crippen MR) is 249 cm³/mol. The molecule has 3 aromatic heterocycles. The van der Waals surface area contributed by atoms with Crippen molar-refractivity contribution in [2.75, 3.05) is 63.1 Å². The number of anilines is 2. The molecule has 0 saturated carbocycles. The second-order valence-electron chi connectivity index (χ2n) is 18.6. The molecule has 5 atom stereocenters. The first kappa shape index (κ1) is 44.6. The Morgan fingerprint density at radius 2 is 1.86 bits per heavy atom. The quantitative estimate of drug-likeness (QED) is 0.0915. The summed E-state index contributed by atoms with van der Waals surface area (Å²) in [5.41, 5.74) is 6.92. The number of likely N-dealkylation sites (tertiary alicyclic amines) is 3. The highest BCUT2D eigenvalue weighted by molar-refractivity contribution is 7.13. The molecule has 2 amide bonds. The highest BCUT2D eigenvalue weighted by atomic mass is 32.1. The molecular weight excluding hydrogens is 845 g/mol. The highest BCUT2D eigenvalue weighted by Crippen LogP contribution is 2.38. The van der Waals surface area contributed by atoms with E-state index in [-0.39, 0.29) is 48.0 Å². The number of carbonyl (C=O) groups excluding carboxylic acids is 2. The van der Waals surface area contributed by atoms with Crippen LogP contribution < -0.4 is 20.7 Å². The van der Waals surface area contributed by atoms with E-state index in [1.54, 1.807) is 29.5 Å². The summed E-state index contributed by atoms with van der Waals surface area (Å²) < 4.78 is 11.8. The van der Waals surface area contributed by atoms with Crippen molar-refractivity contribution in [2.24, 2.45) is 5.92 Å². The van der Waals surface area contributed by atoms with Crippen LogP contribution in [-0.2, 0) is 9.59 Å². The van der Waals surface area contributed by atoms with Gasteiger partial charge in [0.15, 0.2) is 11.6 Å². The molecular formula is C48H60N10O6S. The number of phenolic OH excluding ortho intramolecular Hbond substituents is 1. The molecule has 1 unspecified atom stereocenters. The topological polar surface area (TPSA) is 194 Å². The van der Waals surface area contributed by atoms with Gasteiger partial charge in [0.05, 0.1) is 45.1 Å². The van der Waals surface area contributed by atoms with Gasteiger partial charge in [-0.05, 0) is 99.6 Å². The number of ether oxygens (including phenoxy) is 1. The van der Waals surface area contributed by atoms with Gasteiger partial charge < -0.3 is 40.3 Å². The van der Waals surface area contributed by atoms with E-state index in [1.165, 1.54) is 4.90 Å². The number of aromatic hydroxyl groups is 1. The van der Waals surface area contributed by atoms with Gasteiger partial charge in [-0.1, -0.05) is 50.2 Å². The van der Waals surface area contributed by atoms with Crippen LogP contribution in [0.2, 0.25) is 0 Å². The first-order chi connectivity index (χ1) is 31.4. The Labute approximate surface area is 383 Å². The van der Waals surface area contributed by atoms with Crippen LogP contribution in [0.5, 0.6) is 11.6 Å². The molecule has 65 heavy (non-hydrogen) atoms. The van der Waals surface area contributed by atoms with Gasteiger partial charge in [-0.25, -0.2) is 4.98 Å². The summed E-state index contributed by atoms with van der Waals surface area (Å²) in [5.74, 6) is 0.149. The first-order valence-electron chi connectivity index (χ1n) is 23.0. The van der Waals surface area contributed by atoms with Crippen LogP contribution in [0.1, 0.15) is 81.9 Å². The number of aliphatic hydroxyl groups is 1. The Bertz CT molecular complexity index is 2450. The van der Waals surface area contributed by atoms with E-state index in [0.29, 0.717) is 35.5 Å². The zero-order valence-corrected chi connectivity index (χ0v) is 38.4. The van der Waals surface area contributed by atoms with Crippen LogP contribution in [0.3, 0.4) is 0 Å². The zero-order valence-electron chi connectivity index (χ0n) is 37.6.